The number of rotatable bonds is 1. The van der Waals surface area contributed by atoms with Crippen LogP contribution in [0.2, 0.25) is 0 Å². The van der Waals surface area contributed by atoms with Crippen molar-refractivity contribution < 1.29 is 73.5 Å². The van der Waals surface area contributed by atoms with Crippen molar-refractivity contribution in [3.63, 3.8) is 0 Å². The van der Waals surface area contributed by atoms with Gasteiger partial charge in [-0.05, 0) is 0 Å². The molecule has 10 nitrogen and oxygen atoms in total. The first-order valence-electron chi connectivity index (χ1n) is 1.03. The van der Waals surface area contributed by atoms with Crippen molar-refractivity contribution in [1.29, 1.82) is 0 Å². The van der Waals surface area contributed by atoms with Gasteiger partial charge in [0, 0.05) is 17.1 Å². The molecule has 0 radical (unpaired) electrons. The van der Waals surface area contributed by atoms with Crippen molar-refractivity contribution in [3.05, 3.63) is 0 Å². The van der Waals surface area contributed by atoms with Crippen LogP contribution >= 0.6 is 0 Å². The van der Waals surface area contributed by atoms with E-state index in [2.05, 4.69) is 4.63 Å². The molecule has 13 heteroatoms. The SMILES string of the molecule is O.O.O.O.O.O.O[Si](O)(O)OF.[Fe]. The minimum atomic E-state index is -4.80. The molecule has 0 aromatic heterocycles. The second kappa shape index (κ2) is 29.5. The zero-order valence-electron chi connectivity index (χ0n) is 5.98. The van der Waals surface area contributed by atoms with Crippen LogP contribution in [0.25, 0.3) is 0 Å². The van der Waals surface area contributed by atoms with Gasteiger partial charge in [-0.25, -0.2) is 0 Å². The van der Waals surface area contributed by atoms with Crippen LogP contribution in [0.15, 0.2) is 0 Å². The number of halogens is 1. The van der Waals surface area contributed by atoms with Crippen LogP contribution in [0.1, 0.15) is 0 Å². The van der Waals surface area contributed by atoms with Gasteiger partial charge in [-0.2, -0.15) is 4.63 Å². The van der Waals surface area contributed by atoms with E-state index >= 15 is 0 Å². The fourth-order valence-corrected chi connectivity index (χ4v) is 0. The summed E-state index contributed by atoms with van der Waals surface area (Å²) in [6.45, 7) is 0. The molecule has 0 aromatic rings. The Morgan fingerprint density at radius 1 is 0.769 bits per heavy atom. The van der Waals surface area contributed by atoms with Gasteiger partial charge < -0.3 is 47.2 Å². The van der Waals surface area contributed by atoms with E-state index in [0.717, 1.165) is 0 Å². The maximum absolute atomic E-state index is 10.3. The standard InChI is InChI=1S/FH3O4Si.Fe.6H2O/c1-5-6(2,3)4;;;;;;;/h2-4H;;6*1H2. The van der Waals surface area contributed by atoms with Crippen LogP contribution in [0, 0.1) is 0 Å². The Hall–Kier alpha value is 0.266. The van der Waals surface area contributed by atoms with Gasteiger partial charge in [0.05, 0.1) is 0 Å². The normalized spacial score (nSPS) is 5.54. The molecule has 0 bridgehead atoms. The van der Waals surface area contributed by atoms with Crippen molar-refractivity contribution in [2.75, 3.05) is 0 Å². The van der Waals surface area contributed by atoms with Crippen LogP contribution in [-0.4, -0.2) is 56.3 Å². The van der Waals surface area contributed by atoms with E-state index in [1.165, 1.54) is 0 Å². The summed E-state index contributed by atoms with van der Waals surface area (Å²) in [4.78, 5) is 22.4. The fraction of sp³-hybridized carbons (Fsp3) is 0. The largest absolute Gasteiger partial charge is 0.703 e. The van der Waals surface area contributed by atoms with Gasteiger partial charge in [0.2, 0.25) is 0 Å². The molecule has 0 unspecified atom stereocenters. The maximum atomic E-state index is 10.3. The van der Waals surface area contributed by atoms with Crippen molar-refractivity contribution in [2.24, 2.45) is 0 Å². The average Bonchev–Trinajstić information content (AvgIpc) is 1.35. The third-order valence-corrected chi connectivity index (χ3v) is 0.311. The summed E-state index contributed by atoms with van der Waals surface area (Å²) in [7, 11) is -4.80. The quantitative estimate of drug-likeness (QED) is 0.394. The molecule has 0 saturated heterocycles. The molecule has 0 atom stereocenters. The van der Waals surface area contributed by atoms with Gasteiger partial charge in [0.25, 0.3) is 0 Å². The third-order valence-electron chi connectivity index (χ3n) is 0.104. The van der Waals surface area contributed by atoms with Gasteiger partial charge in [0.1, 0.15) is 0 Å². The molecule has 0 heterocycles. The van der Waals surface area contributed by atoms with E-state index in [-0.39, 0.29) is 49.9 Å². The summed E-state index contributed by atoms with van der Waals surface area (Å²) in [6.07, 6.45) is 0. The smallest absolute Gasteiger partial charge is 0.412 e. The molecule has 0 aromatic carbocycles. The monoisotopic (exact) mass is 278 g/mol. The van der Waals surface area contributed by atoms with E-state index in [1.54, 1.807) is 0 Å². The molecule has 0 aliphatic carbocycles. The molecule has 0 fully saturated rings. The Morgan fingerprint density at radius 3 is 0.846 bits per heavy atom. The molecule has 0 saturated carbocycles. The zero-order valence-corrected chi connectivity index (χ0v) is 8.09. The Morgan fingerprint density at radius 2 is 0.846 bits per heavy atom. The summed E-state index contributed by atoms with van der Waals surface area (Å²) in [6, 6.07) is 0. The van der Waals surface area contributed by atoms with Gasteiger partial charge in [-0.3, -0.25) is 0 Å². The third kappa shape index (κ3) is 121. The van der Waals surface area contributed by atoms with E-state index in [1.807, 2.05) is 0 Å². The van der Waals surface area contributed by atoms with E-state index in [9.17, 15) is 4.53 Å². The molecular weight excluding hydrogens is 263 g/mol. The number of hydrogen-bond acceptors (Lipinski definition) is 4. The van der Waals surface area contributed by atoms with Crippen LogP contribution in [-0.2, 0) is 21.7 Å². The topological polar surface area (TPSA) is 259 Å². The molecule has 0 aliphatic rings. The Balaban J connectivity index is -0.00000000595. The molecule has 0 spiro atoms. The van der Waals surface area contributed by atoms with Crippen LogP contribution in [0.3, 0.4) is 0 Å². The average molecular weight is 278 g/mol. The van der Waals surface area contributed by atoms with E-state index in [0.29, 0.717) is 0 Å². The van der Waals surface area contributed by atoms with Crippen molar-refractivity contribution >= 4 is 9.05 Å². The first kappa shape index (κ1) is 72.0. The van der Waals surface area contributed by atoms with Gasteiger partial charge in [0.15, 0.2) is 0 Å². The summed E-state index contributed by atoms with van der Waals surface area (Å²) in [5.41, 5.74) is 0. The summed E-state index contributed by atoms with van der Waals surface area (Å²) in [5.74, 6) is 0. The molecular formula is H15FFeO10Si. The van der Waals surface area contributed by atoms with Crippen molar-refractivity contribution in [2.45, 2.75) is 0 Å². The van der Waals surface area contributed by atoms with E-state index in [4.69, 9.17) is 14.4 Å². The molecule has 13 heavy (non-hydrogen) atoms. The van der Waals surface area contributed by atoms with Gasteiger partial charge in [-0.15, -0.1) is 0 Å². The van der Waals surface area contributed by atoms with Crippen molar-refractivity contribution in [1.82, 2.24) is 0 Å². The fourth-order valence-electron chi connectivity index (χ4n) is 0. The number of hydrogen-bond donors (Lipinski definition) is 3. The molecule has 0 amide bonds. The molecule has 15 N–H and O–H groups in total. The predicted octanol–water partition coefficient (Wildman–Crippen LogP) is -6.65. The summed E-state index contributed by atoms with van der Waals surface area (Å²) < 4.78 is 12.6. The summed E-state index contributed by atoms with van der Waals surface area (Å²) >= 11 is 0. The predicted molar refractivity (Wildman–Crippen MR) is 36.3 cm³/mol. The second-order valence-corrected chi connectivity index (χ2v) is 1.95. The molecule has 94 valence electrons. The zero-order chi connectivity index (χ0) is 5.21. The molecule has 0 rings (SSSR count). The second-order valence-electron chi connectivity index (χ2n) is 0.651. The van der Waals surface area contributed by atoms with Crippen molar-refractivity contribution in [3.8, 4) is 0 Å². The van der Waals surface area contributed by atoms with Crippen LogP contribution in [0.5, 0.6) is 0 Å². The minimum absolute atomic E-state index is 0. The minimum Gasteiger partial charge on any atom is -0.412 e. The first-order valence-corrected chi connectivity index (χ1v) is 2.78. The Labute approximate surface area is 83.3 Å². The maximum Gasteiger partial charge on any atom is 0.703 e. The Kier molecular flexibility index (Phi) is 163. The van der Waals surface area contributed by atoms with Crippen LogP contribution in [0.4, 0.5) is 4.53 Å². The van der Waals surface area contributed by atoms with Gasteiger partial charge in [-0.1, -0.05) is 4.53 Å². The van der Waals surface area contributed by atoms with Crippen LogP contribution < -0.4 is 0 Å². The van der Waals surface area contributed by atoms with Gasteiger partial charge >= 0.3 is 9.05 Å². The van der Waals surface area contributed by atoms with E-state index < -0.39 is 9.05 Å². The molecule has 0 aliphatic heterocycles. The summed E-state index contributed by atoms with van der Waals surface area (Å²) in [5, 5.41) is 0. The first-order chi connectivity index (χ1) is 2.56. The Bertz CT molecular complexity index is 44.7.